The molecule has 0 radical (unpaired) electrons. The van der Waals surface area contributed by atoms with E-state index in [9.17, 15) is 17.9 Å². The zero-order valence-electron chi connectivity index (χ0n) is 10.1. The molecule has 1 atom stereocenters. The van der Waals surface area contributed by atoms with E-state index in [1.165, 1.54) is 0 Å². The molecule has 0 aliphatic carbocycles. The van der Waals surface area contributed by atoms with E-state index in [4.69, 9.17) is 5.73 Å². The molecular formula is C11H17FN2O3S. The summed E-state index contributed by atoms with van der Waals surface area (Å²) in [5.74, 6) is -0.590. The van der Waals surface area contributed by atoms with Crippen LogP contribution in [0.4, 0.5) is 10.1 Å². The number of nitrogens with two attached hydrogens (primary N) is 1. The molecule has 0 aliphatic rings. The molecular weight excluding hydrogens is 259 g/mol. The highest BCUT2D eigenvalue weighted by atomic mass is 32.2. The maximum atomic E-state index is 12.8. The molecule has 102 valence electrons. The molecule has 18 heavy (non-hydrogen) atoms. The molecule has 0 spiro atoms. The summed E-state index contributed by atoms with van der Waals surface area (Å²) in [6, 6.07) is 3.10. The molecule has 5 nitrogen and oxygen atoms in total. The standard InChI is InChI=1S/C11H17FN2O3S/c1-2-9(15)5-6-14-18(16,17)11-4-3-8(12)7-10(11)13/h3-4,7,9,14-15H,2,5-6,13H2,1H3. The van der Waals surface area contributed by atoms with Crippen LogP contribution in [-0.2, 0) is 10.0 Å². The van der Waals surface area contributed by atoms with Crippen molar-refractivity contribution in [3.63, 3.8) is 0 Å². The Morgan fingerprint density at radius 2 is 2.17 bits per heavy atom. The first kappa shape index (κ1) is 14.9. The van der Waals surface area contributed by atoms with Crippen LogP contribution in [0.5, 0.6) is 0 Å². The Bertz CT molecular complexity index is 505. The summed E-state index contributed by atoms with van der Waals surface area (Å²) in [5.41, 5.74) is 5.32. The molecule has 0 fully saturated rings. The normalized spacial score (nSPS) is 13.5. The van der Waals surface area contributed by atoms with Crippen molar-refractivity contribution in [3.8, 4) is 0 Å². The molecule has 0 aromatic heterocycles. The third kappa shape index (κ3) is 3.94. The lowest BCUT2D eigenvalue weighted by Crippen LogP contribution is -2.27. The Morgan fingerprint density at radius 1 is 1.50 bits per heavy atom. The van der Waals surface area contributed by atoms with Crippen LogP contribution in [0.1, 0.15) is 19.8 Å². The van der Waals surface area contributed by atoms with Gasteiger partial charge < -0.3 is 10.8 Å². The van der Waals surface area contributed by atoms with E-state index in [1.54, 1.807) is 6.92 Å². The minimum absolute atomic E-state index is 0.105. The van der Waals surface area contributed by atoms with Gasteiger partial charge in [0.1, 0.15) is 10.7 Å². The third-order valence-electron chi connectivity index (χ3n) is 2.50. The number of nitrogen functional groups attached to an aromatic ring is 1. The van der Waals surface area contributed by atoms with Gasteiger partial charge in [-0.2, -0.15) is 0 Å². The lowest BCUT2D eigenvalue weighted by molar-refractivity contribution is 0.162. The molecule has 7 heteroatoms. The predicted octanol–water partition coefficient (Wildman–Crippen LogP) is 0.847. The molecule has 1 aromatic carbocycles. The minimum Gasteiger partial charge on any atom is -0.398 e. The number of rotatable bonds is 6. The van der Waals surface area contributed by atoms with E-state index < -0.39 is 21.9 Å². The Morgan fingerprint density at radius 3 is 2.72 bits per heavy atom. The lowest BCUT2D eigenvalue weighted by atomic mass is 10.2. The predicted molar refractivity (Wildman–Crippen MR) is 66.9 cm³/mol. The molecule has 1 unspecified atom stereocenters. The second kappa shape index (κ2) is 6.12. The van der Waals surface area contributed by atoms with E-state index >= 15 is 0 Å². The first-order valence-corrected chi connectivity index (χ1v) is 7.08. The van der Waals surface area contributed by atoms with Gasteiger partial charge in [-0.05, 0) is 31.0 Å². The average molecular weight is 276 g/mol. The maximum Gasteiger partial charge on any atom is 0.242 e. The summed E-state index contributed by atoms with van der Waals surface area (Å²) in [6.07, 6.45) is 0.329. The SMILES string of the molecule is CCC(O)CCNS(=O)(=O)c1ccc(F)cc1N. The van der Waals surface area contributed by atoms with Gasteiger partial charge in [-0.1, -0.05) is 6.92 Å². The summed E-state index contributed by atoms with van der Waals surface area (Å²) in [4.78, 5) is -0.158. The number of halogens is 1. The second-order valence-corrected chi connectivity index (χ2v) is 5.67. The van der Waals surface area contributed by atoms with Crippen molar-refractivity contribution in [2.45, 2.75) is 30.8 Å². The topological polar surface area (TPSA) is 92.4 Å². The quantitative estimate of drug-likeness (QED) is 0.671. The largest absolute Gasteiger partial charge is 0.398 e. The number of benzene rings is 1. The molecule has 0 bridgehead atoms. The van der Waals surface area contributed by atoms with Crippen LogP contribution >= 0.6 is 0 Å². The number of hydrogen-bond donors (Lipinski definition) is 3. The van der Waals surface area contributed by atoms with E-state index in [2.05, 4.69) is 4.72 Å². The van der Waals surface area contributed by atoms with Crippen LogP contribution in [-0.4, -0.2) is 26.2 Å². The number of aliphatic hydroxyl groups is 1. The highest BCUT2D eigenvalue weighted by Crippen LogP contribution is 2.18. The molecule has 1 rings (SSSR count). The molecule has 1 aromatic rings. The van der Waals surface area contributed by atoms with Crippen molar-refractivity contribution < 1.29 is 17.9 Å². The van der Waals surface area contributed by atoms with Crippen LogP contribution in [0, 0.1) is 5.82 Å². The van der Waals surface area contributed by atoms with Crippen LogP contribution < -0.4 is 10.5 Å². The first-order chi connectivity index (χ1) is 8.36. The van der Waals surface area contributed by atoms with Crippen LogP contribution in [0.25, 0.3) is 0 Å². The Hall–Kier alpha value is -1.18. The van der Waals surface area contributed by atoms with Crippen molar-refractivity contribution in [2.75, 3.05) is 12.3 Å². The maximum absolute atomic E-state index is 12.8. The Labute approximate surface area is 106 Å². The van der Waals surface area contributed by atoms with E-state index in [-0.39, 0.29) is 17.1 Å². The van der Waals surface area contributed by atoms with Crippen LogP contribution in [0.15, 0.2) is 23.1 Å². The smallest absolute Gasteiger partial charge is 0.242 e. The number of nitrogens with one attached hydrogen (secondary N) is 1. The Kier molecular flexibility index (Phi) is 5.06. The average Bonchev–Trinajstić information content (AvgIpc) is 2.27. The molecule has 0 heterocycles. The van der Waals surface area contributed by atoms with E-state index in [1.807, 2.05) is 0 Å². The highest BCUT2D eigenvalue weighted by molar-refractivity contribution is 7.89. The van der Waals surface area contributed by atoms with Crippen molar-refractivity contribution >= 4 is 15.7 Å². The second-order valence-electron chi connectivity index (χ2n) is 3.93. The Balaban J connectivity index is 2.74. The summed E-state index contributed by atoms with van der Waals surface area (Å²) < 4.78 is 38.8. The summed E-state index contributed by atoms with van der Waals surface area (Å²) in [7, 11) is -3.76. The van der Waals surface area contributed by atoms with Crippen molar-refractivity contribution in [1.82, 2.24) is 4.72 Å². The van der Waals surface area contributed by atoms with Gasteiger partial charge in [-0.25, -0.2) is 17.5 Å². The van der Waals surface area contributed by atoms with Gasteiger partial charge in [0.25, 0.3) is 0 Å². The zero-order chi connectivity index (χ0) is 13.8. The summed E-state index contributed by atoms with van der Waals surface area (Å²) in [5, 5.41) is 9.31. The zero-order valence-corrected chi connectivity index (χ0v) is 10.9. The lowest BCUT2D eigenvalue weighted by Gasteiger charge is -2.11. The van der Waals surface area contributed by atoms with Crippen LogP contribution in [0.2, 0.25) is 0 Å². The molecule has 0 saturated carbocycles. The van der Waals surface area contributed by atoms with Gasteiger partial charge in [0.15, 0.2) is 0 Å². The molecule has 0 aliphatic heterocycles. The van der Waals surface area contributed by atoms with Gasteiger partial charge in [0, 0.05) is 6.54 Å². The van der Waals surface area contributed by atoms with Gasteiger partial charge in [0.2, 0.25) is 10.0 Å². The van der Waals surface area contributed by atoms with E-state index in [0.29, 0.717) is 12.8 Å². The fraction of sp³-hybridized carbons (Fsp3) is 0.455. The van der Waals surface area contributed by atoms with E-state index in [0.717, 1.165) is 18.2 Å². The highest BCUT2D eigenvalue weighted by Gasteiger charge is 2.17. The van der Waals surface area contributed by atoms with Crippen molar-refractivity contribution in [2.24, 2.45) is 0 Å². The monoisotopic (exact) mass is 276 g/mol. The number of anilines is 1. The number of sulfonamides is 1. The van der Waals surface area contributed by atoms with Gasteiger partial charge in [-0.15, -0.1) is 0 Å². The van der Waals surface area contributed by atoms with Crippen molar-refractivity contribution in [3.05, 3.63) is 24.0 Å². The fourth-order valence-electron chi connectivity index (χ4n) is 1.41. The summed E-state index contributed by atoms with van der Waals surface area (Å²) >= 11 is 0. The van der Waals surface area contributed by atoms with Gasteiger partial charge in [-0.3, -0.25) is 0 Å². The summed E-state index contributed by atoms with van der Waals surface area (Å²) in [6.45, 7) is 1.91. The number of aliphatic hydroxyl groups excluding tert-OH is 1. The third-order valence-corrected chi connectivity index (χ3v) is 4.04. The molecule has 4 N–H and O–H groups in total. The van der Waals surface area contributed by atoms with Gasteiger partial charge >= 0.3 is 0 Å². The fourth-order valence-corrected chi connectivity index (χ4v) is 2.56. The number of hydrogen-bond acceptors (Lipinski definition) is 4. The van der Waals surface area contributed by atoms with Crippen LogP contribution in [0.3, 0.4) is 0 Å². The van der Waals surface area contributed by atoms with Crippen molar-refractivity contribution in [1.29, 1.82) is 0 Å². The van der Waals surface area contributed by atoms with Gasteiger partial charge in [0.05, 0.1) is 11.8 Å². The molecule has 0 amide bonds. The minimum atomic E-state index is -3.76. The first-order valence-electron chi connectivity index (χ1n) is 5.59. The molecule has 0 saturated heterocycles.